The highest BCUT2D eigenvalue weighted by molar-refractivity contribution is 7.80. The number of thiol groups is 1. The van der Waals surface area contributed by atoms with Crippen LogP contribution in [0.1, 0.15) is 29.2 Å². The minimum atomic E-state index is 0.320. The van der Waals surface area contributed by atoms with Gasteiger partial charge in [-0.1, -0.05) is 6.07 Å². The van der Waals surface area contributed by atoms with Gasteiger partial charge in [0.25, 0.3) is 0 Å². The van der Waals surface area contributed by atoms with Gasteiger partial charge < -0.3 is 5.11 Å². The van der Waals surface area contributed by atoms with Crippen molar-refractivity contribution in [3.63, 3.8) is 0 Å². The summed E-state index contributed by atoms with van der Waals surface area (Å²) in [4.78, 5) is 0. The predicted molar refractivity (Wildman–Crippen MR) is 52.8 cm³/mol. The quantitative estimate of drug-likeness (QED) is 0.588. The zero-order valence-electron chi connectivity index (χ0n) is 6.83. The highest BCUT2D eigenvalue weighted by atomic mass is 32.1. The highest BCUT2D eigenvalue weighted by Crippen LogP contribution is 2.35. The Morgan fingerprint density at radius 1 is 1.42 bits per heavy atom. The summed E-state index contributed by atoms with van der Waals surface area (Å²) in [6, 6.07) is 5.60. The smallest absolute Gasteiger partial charge is 0.115 e. The van der Waals surface area contributed by atoms with Crippen LogP contribution in [-0.2, 0) is 6.42 Å². The van der Waals surface area contributed by atoms with Gasteiger partial charge in [0.15, 0.2) is 0 Å². The van der Waals surface area contributed by atoms with E-state index in [-0.39, 0.29) is 0 Å². The van der Waals surface area contributed by atoms with E-state index in [2.05, 4.69) is 12.6 Å². The number of fused-ring (bicyclic) bond motifs is 1. The molecule has 0 saturated heterocycles. The molecule has 2 heteroatoms. The first kappa shape index (κ1) is 7.99. The van der Waals surface area contributed by atoms with E-state index < -0.39 is 0 Å². The largest absolute Gasteiger partial charge is 0.508 e. The molecule has 0 spiro atoms. The van der Waals surface area contributed by atoms with Crippen molar-refractivity contribution < 1.29 is 5.11 Å². The average molecular weight is 180 g/mol. The Kier molecular flexibility index (Phi) is 2.01. The van der Waals surface area contributed by atoms with Crippen LogP contribution in [0.5, 0.6) is 5.75 Å². The van der Waals surface area contributed by atoms with Gasteiger partial charge >= 0.3 is 0 Å². The van der Waals surface area contributed by atoms with Crippen molar-refractivity contribution in [2.24, 2.45) is 0 Å². The SMILES string of the molecule is Oc1ccc2c(c1)C(S)CCC2. The third-order valence-corrected chi connectivity index (χ3v) is 2.95. The van der Waals surface area contributed by atoms with E-state index in [1.165, 1.54) is 17.5 Å². The number of aryl methyl sites for hydroxylation is 1. The fourth-order valence-electron chi connectivity index (χ4n) is 1.76. The molecule has 64 valence electrons. The van der Waals surface area contributed by atoms with Crippen LogP contribution >= 0.6 is 12.6 Å². The molecule has 0 radical (unpaired) electrons. The topological polar surface area (TPSA) is 20.2 Å². The average Bonchev–Trinajstić information content (AvgIpc) is 2.07. The summed E-state index contributed by atoms with van der Waals surface area (Å²) in [7, 11) is 0. The van der Waals surface area contributed by atoms with Gasteiger partial charge in [0.1, 0.15) is 5.75 Å². The Morgan fingerprint density at radius 2 is 2.25 bits per heavy atom. The first-order valence-corrected chi connectivity index (χ1v) is 4.79. The highest BCUT2D eigenvalue weighted by Gasteiger charge is 2.16. The molecule has 0 aromatic heterocycles. The number of aromatic hydroxyl groups is 1. The van der Waals surface area contributed by atoms with Crippen LogP contribution in [0, 0.1) is 0 Å². The second kappa shape index (κ2) is 3.02. The van der Waals surface area contributed by atoms with Crippen LogP contribution < -0.4 is 0 Å². The lowest BCUT2D eigenvalue weighted by molar-refractivity contribution is 0.473. The van der Waals surface area contributed by atoms with Gasteiger partial charge in [0.05, 0.1) is 0 Å². The summed E-state index contributed by atoms with van der Waals surface area (Å²) in [5.41, 5.74) is 2.56. The second-order valence-electron chi connectivity index (χ2n) is 3.29. The van der Waals surface area contributed by atoms with Gasteiger partial charge in [0.2, 0.25) is 0 Å². The summed E-state index contributed by atoms with van der Waals surface area (Å²) in [6.45, 7) is 0. The first-order valence-electron chi connectivity index (χ1n) is 4.27. The number of benzene rings is 1. The van der Waals surface area contributed by atoms with Crippen LogP contribution in [0.2, 0.25) is 0 Å². The van der Waals surface area contributed by atoms with Gasteiger partial charge in [-0.05, 0) is 42.5 Å². The van der Waals surface area contributed by atoms with Crippen molar-refractivity contribution >= 4 is 12.6 Å². The Hall–Kier alpha value is -0.630. The number of hydrogen-bond acceptors (Lipinski definition) is 2. The van der Waals surface area contributed by atoms with Crippen LogP contribution in [0.15, 0.2) is 18.2 Å². The molecule has 1 aliphatic rings. The number of phenols is 1. The molecule has 0 amide bonds. The maximum absolute atomic E-state index is 9.27. The summed E-state index contributed by atoms with van der Waals surface area (Å²) in [5, 5.41) is 9.59. The molecule has 0 saturated carbocycles. The summed E-state index contributed by atoms with van der Waals surface area (Å²) in [5.74, 6) is 0.356. The Balaban J connectivity index is 2.47. The monoisotopic (exact) mass is 180 g/mol. The predicted octanol–water partition coefficient (Wildman–Crippen LogP) is 2.70. The fourth-order valence-corrected chi connectivity index (χ4v) is 2.18. The van der Waals surface area contributed by atoms with Gasteiger partial charge in [-0.2, -0.15) is 12.6 Å². The van der Waals surface area contributed by atoms with Crippen molar-refractivity contribution in [1.82, 2.24) is 0 Å². The van der Waals surface area contributed by atoms with Crippen molar-refractivity contribution in [2.45, 2.75) is 24.5 Å². The molecule has 1 unspecified atom stereocenters. The zero-order valence-corrected chi connectivity index (χ0v) is 7.72. The lowest BCUT2D eigenvalue weighted by Gasteiger charge is -2.21. The fraction of sp³-hybridized carbons (Fsp3) is 0.400. The molecular formula is C10H12OS. The molecule has 1 aliphatic carbocycles. The maximum atomic E-state index is 9.27. The van der Waals surface area contributed by atoms with Crippen LogP contribution in [-0.4, -0.2) is 5.11 Å². The van der Waals surface area contributed by atoms with E-state index in [0.29, 0.717) is 11.0 Å². The lowest BCUT2D eigenvalue weighted by atomic mass is 9.91. The Labute approximate surface area is 77.8 Å². The normalized spacial score (nSPS) is 21.9. The zero-order chi connectivity index (χ0) is 8.55. The van der Waals surface area contributed by atoms with Crippen molar-refractivity contribution in [2.75, 3.05) is 0 Å². The number of phenolic OH excluding ortho intramolecular Hbond substituents is 1. The molecule has 1 nitrogen and oxygen atoms in total. The Bertz CT molecular complexity index is 296. The molecule has 12 heavy (non-hydrogen) atoms. The summed E-state index contributed by atoms with van der Waals surface area (Å²) < 4.78 is 0. The van der Waals surface area contributed by atoms with Crippen molar-refractivity contribution in [3.05, 3.63) is 29.3 Å². The van der Waals surface area contributed by atoms with Crippen molar-refractivity contribution in [3.8, 4) is 5.75 Å². The molecule has 0 heterocycles. The summed E-state index contributed by atoms with van der Waals surface area (Å²) >= 11 is 4.48. The van der Waals surface area contributed by atoms with E-state index in [1.54, 1.807) is 6.07 Å². The Morgan fingerprint density at radius 3 is 3.08 bits per heavy atom. The van der Waals surface area contributed by atoms with Gasteiger partial charge in [-0.15, -0.1) is 0 Å². The number of hydrogen-bond donors (Lipinski definition) is 2. The van der Waals surface area contributed by atoms with E-state index in [9.17, 15) is 5.11 Å². The van der Waals surface area contributed by atoms with E-state index >= 15 is 0 Å². The van der Waals surface area contributed by atoms with Gasteiger partial charge in [-0.25, -0.2) is 0 Å². The maximum Gasteiger partial charge on any atom is 0.115 e. The molecular weight excluding hydrogens is 168 g/mol. The third kappa shape index (κ3) is 1.31. The minimum Gasteiger partial charge on any atom is -0.508 e. The first-order chi connectivity index (χ1) is 5.77. The molecule has 1 aromatic rings. The molecule has 0 bridgehead atoms. The van der Waals surface area contributed by atoms with E-state index in [0.717, 1.165) is 12.8 Å². The van der Waals surface area contributed by atoms with E-state index in [1.807, 2.05) is 12.1 Å². The number of rotatable bonds is 0. The van der Waals surface area contributed by atoms with Gasteiger partial charge in [-0.3, -0.25) is 0 Å². The molecule has 2 rings (SSSR count). The third-order valence-electron chi connectivity index (χ3n) is 2.41. The lowest BCUT2D eigenvalue weighted by Crippen LogP contribution is -2.04. The standard InChI is InChI=1S/C10H12OS/c11-8-5-4-7-2-1-3-10(12)9(7)6-8/h4-6,10-12H,1-3H2. The van der Waals surface area contributed by atoms with Crippen LogP contribution in [0.3, 0.4) is 0 Å². The van der Waals surface area contributed by atoms with Crippen molar-refractivity contribution in [1.29, 1.82) is 0 Å². The molecule has 1 aromatic carbocycles. The molecule has 1 atom stereocenters. The van der Waals surface area contributed by atoms with Crippen LogP contribution in [0.25, 0.3) is 0 Å². The minimum absolute atomic E-state index is 0.320. The molecule has 0 fully saturated rings. The van der Waals surface area contributed by atoms with Crippen LogP contribution in [0.4, 0.5) is 0 Å². The van der Waals surface area contributed by atoms with E-state index in [4.69, 9.17) is 0 Å². The molecule has 1 N–H and O–H groups in total. The molecule has 0 aliphatic heterocycles. The second-order valence-corrected chi connectivity index (χ2v) is 3.91. The summed E-state index contributed by atoms with van der Waals surface area (Å²) in [6.07, 6.45) is 3.47. The van der Waals surface area contributed by atoms with Gasteiger partial charge in [0, 0.05) is 5.25 Å².